The lowest BCUT2D eigenvalue weighted by atomic mass is 10.1. The van der Waals surface area contributed by atoms with Gasteiger partial charge < -0.3 is 10.0 Å². The van der Waals surface area contributed by atoms with Crippen molar-refractivity contribution < 1.29 is 9.90 Å². The van der Waals surface area contributed by atoms with Crippen molar-refractivity contribution in [3.8, 4) is 5.75 Å². The van der Waals surface area contributed by atoms with Crippen molar-refractivity contribution in [1.29, 1.82) is 0 Å². The van der Waals surface area contributed by atoms with Gasteiger partial charge in [0.1, 0.15) is 10.1 Å². The van der Waals surface area contributed by atoms with Gasteiger partial charge in [0, 0.05) is 37.5 Å². The van der Waals surface area contributed by atoms with Crippen molar-refractivity contribution in [3.63, 3.8) is 0 Å². The van der Waals surface area contributed by atoms with Gasteiger partial charge in [0.05, 0.1) is 4.91 Å². The molecule has 21 heavy (non-hydrogen) atoms. The van der Waals surface area contributed by atoms with Crippen LogP contribution in [0, 0.1) is 0 Å². The van der Waals surface area contributed by atoms with E-state index in [1.165, 1.54) is 16.7 Å². The van der Waals surface area contributed by atoms with Gasteiger partial charge in [-0.25, -0.2) is 0 Å². The van der Waals surface area contributed by atoms with E-state index in [1.54, 1.807) is 19.2 Å². The van der Waals surface area contributed by atoms with Crippen LogP contribution in [0.2, 0.25) is 0 Å². The maximum atomic E-state index is 12.0. The molecule has 1 aromatic carbocycles. The number of phenols is 1. The molecule has 2 rings (SSSR count). The topological polar surface area (TPSA) is 43.8 Å². The number of benzene rings is 1. The van der Waals surface area contributed by atoms with E-state index in [-0.39, 0.29) is 11.7 Å². The standard InChI is InChI=1S/C15H18N2O2S2/c1-4-17(5-2)11-7-6-10(12(18)9-11)8-13-14(19)16(3)15(20)21-13/h6-9,18H,4-5H2,1-3H3/b13-8+. The largest absolute Gasteiger partial charge is 0.507 e. The Bertz CT molecular complexity index is 610. The predicted molar refractivity (Wildman–Crippen MR) is 92.6 cm³/mol. The molecule has 6 heteroatoms. The second-order valence-corrected chi connectivity index (χ2v) is 6.33. The number of nitrogens with zero attached hydrogens (tertiary/aromatic N) is 2. The van der Waals surface area contributed by atoms with Crippen LogP contribution in [0.4, 0.5) is 5.69 Å². The lowest BCUT2D eigenvalue weighted by molar-refractivity contribution is -0.121. The molecule has 112 valence electrons. The molecule has 1 fully saturated rings. The number of anilines is 1. The summed E-state index contributed by atoms with van der Waals surface area (Å²) in [6, 6.07) is 5.50. The molecule has 4 nitrogen and oxygen atoms in total. The first kappa shape index (κ1) is 15.9. The number of thioether (sulfide) groups is 1. The van der Waals surface area contributed by atoms with Gasteiger partial charge in [-0.3, -0.25) is 9.69 Å². The summed E-state index contributed by atoms with van der Waals surface area (Å²) in [5.74, 6) is 0.0398. The van der Waals surface area contributed by atoms with Gasteiger partial charge in [-0.1, -0.05) is 24.0 Å². The highest BCUT2D eigenvalue weighted by molar-refractivity contribution is 8.26. The molecule has 0 atom stereocenters. The Hall–Kier alpha value is -1.53. The van der Waals surface area contributed by atoms with Crippen LogP contribution in [0.1, 0.15) is 19.4 Å². The molecular formula is C15H18N2O2S2. The molecule has 1 saturated heterocycles. The van der Waals surface area contributed by atoms with Gasteiger partial charge in [-0.15, -0.1) is 0 Å². The first-order valence-corrected chi connectivity index (χ1v) is 7.99. The van der Waals surface area contributed by atoms with Gasteiger partial charge in [-0.2, -0.15) is 0 Å². The third-order valence-electron chi connectivity index (χ3n) is 3.42. The number of amides is 1. The van der Waals surface area contributed by atoms with Gasteiger partial charge in [0.2, 0.25) is 0 Å². The van der Waals surface area contributed by atoms with Gasteiger partial charge in [-0.05, 0) is 32.1 Å². The number of hydrogen-bond donors (Lipinski definition) is 1. The van der Waals surface area contributed by atoms with Crippen molar-refractivity contribution in [2.45, 2.75) is 13.8 Å². The second-order valence-electron chi connectivity index (χ2n) is 4.66. The molecule has 0 aliphatic carbocycles. The summed E-state index contributed by atoms with van der Waals surface area (Å²) < 4.78 is 0.533. The van der Waals surface area contributed by atoms with Crippen LogP contribution < -0.4 is 4.90 Å². The molecular weight excluding hydrogens is 304 g/mol. The minimum atomic E-state index is -0.128. The molecule has 1 amide bonds. The van der Waals surface area contributed by atoms with Crippen LogP contribution in [-0.4, -0.2) is 40.4 Å². The molecule has 1 heterocycles. The van der Waals surface area contributed by atoms with E-state index in [2.05, 4.69) is 18.7 Å². The fourth-order valence-electron chi connectivity index (χ4n) is 2.13. The fraction of sp³-hybridized carbons (Fsp3) is 0.333. The highest BCUT2D eigenvalue weighted by atomic mass is 32.2. The number of aromatic hydroxyl groups is 1. The van der Waals surface area contributed by atoms with Crippen LogP contribution in [0.3, 0.4) is 0 Å². The van der Waals surface area contributed by atoms with Crippen molar-refractivity contribution in [2.24, 2.45) is 0 Å². The van der Waals surface area contributed by atoms with Crippen LogP contribution in [0.5, 0.6) is 5.75 Å². The second kappa shape index (κ2) is 6.49. The highest BCUT2D eigenvalue weighted by Gasteiger charge is 2.28. The smallest absolute Gasteiger partial charge is 0.265 e. The van der Waals surface area contributed by atoms with Crippen LogP contribution >= 0.6 is 24.0 Å². The number of carbonyl (C=O) groups excluding carboxylic acids is 1. The van der Waals surface area contributed by atoms with E-state index in [0.717, 1.165) is 18.8 Å². The van der Waals surface area contributed by atoms with Crippen molar-refractivity contribution in [2.75, 3.05) is 25.0 Å². The first-order chi connectivity index (χ1) is 9.97. The summed E-state index contributed by atoms with van der Waals surface area (Å²) >= 11 is 6.34. The van der Waals surface area contributed by atoms with Crippen LogP contribution in [-0.2, 0) is 4.79 Å². The lowest BCUT2D eigenvalue weighted by Crippen LogP contribution is -2.22. The summed E-state index contributed by atoms with van der Waals surface area (Å²) in [7, 11) is 1.65. The van der Waals surface area contributed by atoms with Crippen LogP contribution in [0.15, 0.2) is 23.1 Å². The maximum Gasteiger partial charge on any atom is 0.265 e. The molecule has 1 N–H and O–H groups in total. The zero-order chi connectivity index (χ0) is 15.6. The maximum absolute atomic E-state index is 12.0. The molecule has 1 aromatic rings. The number of likely N-dealkylation sites (N-methyl/N-ethyl adjacent to an activating group) is 1. The van der Waals surface area contributed by atoms with E-state index < -0.39 is 0 Å². The molecule has 0 radical (unpaired) electrons. The summed E-state index contributed by atoms with van der Waals surface area (Å²) in [4.78, 5) is 16.1. The number of phenolic OH excluding ortho intramolecular Hbond substituents is 1. The van der Waals surface area contributed by atoms with E-state index in [9.17, 15) is 9.90 Å². The SMILES string of the molecule is CCN(CC)c1ccc(/C=C2/SC(=S)N(C)C2=O)c(O)c1. The van der Waals surface area contributed by atoms with Gasteiger partial charge >= 0.3 is 0 Å². The zero-order valence-electron chi connectivity index (χ0n) is 12.3. The highest BCUT2D eigenvalue weighted by Crippen LogP contribution is 2.34. The van der Waals surface area contributed by atoms with E-state index in [4.69, 9.17) is 12.2 Å². The minimum Gasteiger partial charge on any atom is -0.507 e. The molecule has 0 bridgehead atoms. The quantitative estimate of drug-likeness (QED) is 0.682. The Morgan fingerprint density at radius 2 is 2.05 bits per heavy atom. The third-order valence-corrected chi connectivity index (χ3v) is 4.90. The average molecular weight is 322 g/mol. The molecule has 0 saturated carbocycles. The van der Waals surface area contributed by atoms with Crippen molar-refractivity contribution >= 4 is 46.0 Å². The van der Waals surface area contributed by atoms with Crippen molar-refractivity contribution in [1.82, 2.24) is 4.90 Å². The average Bonchev–Trinajstić information content (AvgIpc) is 2.70. The minimum absolute atomic E-state index is 0.128. The summed E-state index contributed by atoms with van der Waals surface area (Å²) in [5.41, 5.74) is 1.59. The van der Waals surface area contributed by atoms with Crippen LogP contribution in [0.25, 0.3) is 6.08 Å². The monoisotopic (exact) mass is 322 g/mol. The van der Waals surface area contributed by atoms with E-state index in [1.807, 2.05) is 12.1 Å². The zero-order valence-corrected chi connectivity index (χ0v) is 13.9. The molecule has 1 aliphatic heterocycles. The number of thiocarbonyl (C=S) groups is 1. The predicted octanol–water partition coefficient (Wildman–Crippen LogP) is 3.07. The molecule has 0 aromatic heterocycles. The summed E-state index contributed by atoms with van der Waals surface area (Å²) in [5, 5.41) is 10.2. The molecule has 0 unspecified atom stereocenters. The summed E-state index contributed by atoms with van der Waals surface area (Å²) in [6.45, 7) is 5.90. The number of carbonyl (C=O) groups is 1. The normalized spacial score (nSPS) is 16.9. The summed E-state index contributed by atoms with van der Waals surface area (Å²) in [6.07, 6.45) is 1.68. The molecule has 1 aliphatic rings. The number of rotatable bonds is 4. The first-order valence-electron chi connectivity index (χ1n) is 6.77. The Labute approximate surface area is 134 Å². The third kappa shape index (κ3) is 3.22. The van der Waals surface area contributed by atoms with Gasteiger partial charge in [0.25, 0.3) is 5.91 Å². The Kier molecular flexibility index (Phi) is 4.90. The number of hydrogen-bond acceptors (Lipinski definition) is 5. The lowest BCUT2D eigenvalue weighted by Gasteiger charge is -2.21. The van der Waals surface area contributed by atoms with E-state index >= 15 is 0 Å². The Morgan fingerprint density at radius 1 is 1.38 bits per heavy atom. The Balaban J connectivity index is 2.30. The van der Waals surface area contributed by atoms with E-state index in [0.29, 0.717) is 14.8 Å². The van der Waals surface area contributed by atoms with Crippen molar-refractivity contribution in [3.05, 3.63) is 28.7 Å². The fourth-order valence-corrected chi connectivity index (χ4v) is 3.30. The molecule has 0 spiro atoms. The van der Waals surface area contributed by atoms with Gasteiger partial charge in [0.15, 0.2) is 0 Å². The Morgan fingerprint density at radius 3 is 2.52 bits per heavy atom.